The zero-order valence-corrected chi connectivity index (χ0v) is 2.88. The summed E-state index contributed by atoms with van der Waals surface area (Å²) in [5.41, 5.74) is 0. The molecule has 0 unspecified atom stereocenters. The third kappa shape index (κ3) is 8.82. The standard InChI is InChI=1S/CH5BO3.Li.H/c1-5-2(3)4;;/h3-4H,1H3;;. The maximum absolute atomic E-state index is 7.69. The molecule has 32 valence electrons. The molecular weight excluding hydrogens is 77.8 g/mol. The van der Waals surface area contributed by atoms with Crippen LogP contribution in [-0.4, -0.2) is 43.3 Å². The van der Waals surface area contributed by atoms with Crippen molar-refractivity contribution in [1.82, 2.24) is 0 Å². The SMILES string of the molecule is COB(O)O.[LiH]. The van der Waals surface area contributed by atoms with Gasteiger partial charge < -0.3 is 14.7 Å². The minimum atomic E-state index is -1.62. The van der Waals surface area contributed by atoms with Crippen LogP contribution in [0.25, 0.3) is 0 Å². The first-order valence-electron chi connectivity index (χ1n) is 1.16. The van der Waals surface area contributed by atoms with E-state index >= 15 is 0 Å². The molecule has 0 aliphatic carbocycles. The second-order valence-electron chi connectivity index (χ2n) is 0.562. The number of rotatable bonds is 1. The Kier molecular flexibility index (Phi) is 9.00. The third-order valence-corrected chi connectivity index (χ3v) is 0.211. The molecule has 3 nitrogen and oxygen atoms in total. The van der Waals surface area contributed by atoms with Crippen LogP contribution in [0.1, 0.15) is 0 Å². The summed E-state index contributed by atoms with van der Waals surface area (Å²) in [6, 6.07) is 0. The van der Waals surface area contributed by atoms with Crippen LogP contribution in [0.15, 0.2) is 0 Å². The van der Waals surface area contributed by atoms with Crippen LogP contribution in [0.5, 0.6) is 0 Å². The molecule has 0 aliphatic rings. The van der Waals surface area contributed by atoms with Gasteiger partial charge >= 0.3 is 26.2 Å². The molecule has 0 atom stereocenters. The molecule has 6 heavy (non-hydrogen) atoms. The predicted octanol–water partition coefficient (Wildman–Crippen LogP) is -2.05. The van der Waals surface area contributed by atoms with Crippen molar-refractivity contribution in [3.05, 3.63) is 0 Å². The third-order valence-electron chi connectivity index (χ3n) is 0.211. The number of hydrogen-bond donors (Lipinski definition) is 2. The van der Waals surface area contributed by atoms with E-state index in [0.717, 1.165) is 0 Å². The summed E-state index contributed by atoms with van der Waals surface area (Å²) in [4.78, 5) is 0. The summed E-state index contributed by atoms with van der Waals surface area (Å²) in [6.07, 6.45) is 0. The van der Waals surface area contributed by atoms with Crippen molar-refractivity contribution in [1.29, 1.82) is 0 Å². The molecule has 0 aromatic carbocycles. The summed E-state index contributed by atoms with van der Waals surface area (Å²) in [5, 5.41) is 15.4. The Labute approximate surface area is 48.7 Å². The van der Waals surface area contributed by atoms with Crippen LogP contribution < -0.4 is 0 Å². The molecule has 0 aromatic heterocycles. The van der Waals surface area contributed by atoms with Crippen molar-refractivity contribution in [3.63, 3.8) is 0 Å². The van der Waals surface area contributed by atoms with Gasteiger partial charge in [0.05, 0.1) is 0 Å². The Morgan fingerprint density at radius 3 is 1.67 bits per heavy atom. The fraction of sp³-hybridized carbons (Fsp3) is 1.00. The molecular formula is CH6BLiO3. The van der Waals surface area contributed by atoms with Crippen molar-refractivity contribution in [2.45, 2.75) is 0 Å². The molecule has 0 rings (SSSR count). The molecule has 0 heterocycles. The van der Waals surface area contributed by atoms with Gasteiger partial charge in [-0.25, -0.2) is 0 Å². The second kappa shape index (κ2) is 5.54. The first-order valence-corrected chi connectivity index (χ1v) is 1.16. The predicted molar refractivity (Wildman–Crippen MR) is 24.3 cm³/mol. The Hall–Kier alpha value is 0.542. The minimum absolute atomic E-state index is 0. The van der Waals surface area contributed by atoms with Crippen molar-refractivity contribution in [2.24, 2.45) is 0 Å². The molecule has 0 saturated carbocycles. The monoisotopic (exact) mass is 84.1 g/mol. The molecule has 0 aliphatic heterocycles. The summed E-state index contributed by atoms with van der Waals surface area (Å²) in [5.74, 6) is 0. The van der Waals surface area contributed by atoms with Gasteiger partial charge in [-0.3, -0.25) is 0 Å². The number of hydrogen-bond acceptors (Lipinski definition) is 3. The first-order chi connectivity index (χ1) is 2.27. The molecule has 0 fully saturated rings. The quantitative estimate of drug-likeness (QED) is 0.359. The van der Waals surface area contributed by atoms with E-state index in [9.17, 15) is 0 Å². The van der Waals surface area contributed by atoms with Crippen molar-refractivity contribution < 1.29 is 14.7 Å². The van der Waals surface area contributed by atoms with Gasteiger partial charge in [-0.2, -0.15) is 0 Å². The second-order valence-corrected chi connectivity index (χ2v) is 0.562. The van der Waals surface area contributed by atoms with Gasteiger partial charge in [0.25, 0.3) is 0 Å². The van der Waals surface area contributed by atoms with Gasteiger partial charge in [0.15, 0.2) is 0 Å². The van der Waals surface area contributed by atoms with Crippen LogP contribution in [0, 0.1) is 0 Å². The Bertz CT molecular complexity index is 24.8. The fourth-order valence-corrected chi connectivity index (χ4v) is 0. The van der Waals surface area contributed by atoms with E-state index in [-0.39, 0.29) is 18.9 Å². The normalized spacial score (nSPS) is 6.50. The van der Waals surface area contributed by atoms with E-state index in [1.54, 1.807) is 0 Å². The van der Waals surface area contributed by atoms with E-state index < -0.39 is 7.32 Å². The van der Waals surface area contributed by atoms with Crippen molar-refractivity contribution >= 4 is 26.2 Å². The van der Waals surface area contributed by atoms with E-state index in [1.165, 1.54) is 7.11 Å². The maximum atomic E-state index is 7.69. The van der Waals surface area contributed by atoms with Gasteiger partial charge in [0.2, 0.25) is 0 Å². The van der Waals surface area contributed by atoms with Gasteiger partial charge in [-0.1, -0.05) is 0 Å². The van der Waals surface area contributed by atoms with Gasteiger partial charge in [0.1, 0.15) is 0 Å². The molecule has 0 amide bonds. The van der Waals surface area contributed by atoms with E-state index in [1.807, 2.05) is 0 Å². The molecule has 0 aromatic rings. The summed E-state index contributed by atoms with van der Waals surface area (Å²) >= 11 is 0. The van der Waals surface area contributed by atoms with Crippen LogP contribution in [0.2, 0.25) is 0 Å². The van der Waals surface area contributed by atoms with Crippen LogP contribution in [0.3, 0.4) is 0 Å². The molecule has 0 radical (unpaired) electrons. The molecule has 0 spiro atoms. The van der Waals surface area contributed by atoms with Gasteiger partial charge in [-0.05, 0) is 0 Å². The summed E-state index contributed by atoms with van der Waals surface area (Å²) in [6.45, 7) is 0. The van der Waals surface area contributed by atoms with E-state index in [2.05, 4.69) is 4.65 Å². The Morgan fingerprint density at radius 2 is 1.67 bits per heavy atom. The Balaban J connectivity index is 0. The van der Waals surface area contributed by atoms with E-state index in [0.29, 0.717) is 0 Å². The van der Waals surface area contributed by atoms with Crippen LogP contribution in [0.4, 0.5) is 0 Å². The summed E-state index contributed by atoms with van der Waals surface area (Å²) in [7, 11) is -0.417. The van der Waals surface area contributed by atoms with Crippen LogP contribution >= 0.6 is 0 Å². The zero-order chi connectivity index (χ0) is 4.28. The molecule has 2 N–H and O–H groups in total. The molecule has 0 saturated heterocycles. The first kappa shape index (κ1) is 9.74. The van der Waals surface area contributed by atoms with Gasteiger partial charge in [-0.15, -0.1) is 0 Å². The fourth-order valence-electron chi connectivity index (χ4n) is 0. The zero-order valence-electron chi connectivity index (χ0n) is 2.88. The molecule has 5 heteroatoms. The Morgan fingerprint density at radius 1 is 1.50 bits per heavy atom. The summed E-state index contributed by atoms with van der Waals surface area (Å²) < 4.78 is 3.86. The van der Waals surface area contributed by atoms with Crippen molar-refractivity contribution in [3.8, 4) is 0 Å². The van der Waals surface area contributed by atoms with Crippen LogP contribution in [-0.2, 0) is 4.65 Å². The average Bonchev–Trinajstić information content (AvgIpc) is 1.38. The topological polar surface area (TPSA) is 49.7 Å². The van der Waals surface area contributed by atoms with Gasteiger partial charge in [0, 0.05) is 7.11 Å². The average molecular weight is 83.8 g/mol. The van der Waals surface area contributed by atoms with E-state index in [4.69, 9.17) is 10.0 Å². The molecule has 0 bridgehead atoms. The van der Waals surface area contributed by atoms with Crippen molar-refractivity contribution in [2.75, 3.05) is 7.11 Å².